The van der Waals surface area contributed by atoms with Crippen molar-refractivity contribution in [2.75, 3.05) is 26.8 Å². The number of hydrogen-bond donors (Lipinski definition) is 1. The van der Waals surface area contributed by atoms with Crippen LogP contribution in [0.2, 0.25) is 0 Å². The van der Waals surface area contributed by atoms with Gasteiger partial charge in [0.25, 0.3) is 0 Å². The number of ether oxygens (including phenoxy) is 2. The number of nitrogens with two attached hydrogens (primary N) is 1. The molecule has 0 saturated carbocycles. The lowest BCUT2D eigenvalue weighted by molar-refractivity contribution is -0.135. The molecule has 6 heteroatoms. The zero-order valence-corrected chi connectivity index (χ0v) is 13.5. The Labute approximate surface area is 136 Å². The molecule has 1 aromatic rings. The molecule has 23 heavy (non-hydrogen) atoms. The number of amides is 2. The third-order valence-electron chi connectivity index (χ3n) is 4.04. The summed E-state index contributed by atoms with van der Waals surface area (Å²) < 4.78 is 10.7. The van der Waals surface area contributed by atoms with Gasteiger partial charge in [-0.2, -0.15) is 0 Å². The van der Waals surface area contributed by atoms with E-state index in [1.165, 1.54) is 0 Å². The van der Waals surface area contributed by atoms with Crippen molar-refractivity contribution in [3.05, 3.63) is 24.3 Å². The minimum atomic E-state index is -0.315. The summed E-state index contributed by atoms with van der Waals surface area (Å²) in [6, 6.07) is 7.34. The van der Waals surface area contributed by atoms with Crippen molar-refractivity contribution in [2.45, 2.75) is 25.7 Å². The van der Waals surface area contributed by atoms with E-state index in [1.807, 2.05) is 24.3 Å². The van der Waals surface area contributed by atoms with Gasteiger partial charge in [0.1, 0.15) is 11.5 Å². The summed E-state index contributed by atoms with van der Waals surface area (Å²) >= 11 is 0. The number of methoxy groups -OCH3 is 1. The van der Waals surface area contributed by atoms with Crippen molar-refractivity contribution in [1.82, 2.24) is 4.90 Å². The van der Waals surface area contributed by atoms with Crippen LogP contribution in [-0.4, -0.2) is 43.5 Å². The van der Waals surface area contributed by atoms with Crippen molar-refractivity contribution in [1.29, 1.82) is 0 Å². The molecule has 2 N–H and O–H groups in total. The molecule has 1 aliphatic heterocycles. The van der Waals surface area contributed by atoms with Gasteiger partial charge >= 0.3 is 0 Å². The maximum absolute atomic E-state index is 12.2. The number of likely N-dealkylation sites (tertiary alicyclic amines) is 1. The van der Waals surface area contributed by atoms with E-state index in [1.54, 1.807) is 12.0 Å². The first-order chi connectivity index (χ1) is 11.1. The molecule has 0 aromatic heterocycles. The first-order valence-corrected chi connectivity index (χ1v) is 7.94. The Kier molecular flexibility index (Phi) is 6.26. The van der Waals surface area contributed by atoms with Crippen LogP contribution in [0.1, 0.15) is 25.7 Å². The molecule has 0 aliphatic carbocycles. The molecule has 1 fully saturated rings. The van der Waals surface area contributed by atoms with Crippen LogP contribution in [0.3, 0.4) is 0 Å². The second kappa shape index (κ2) is 8.41. The van der Waals surface area contributed by atoms with E-state index in [-0.39, 0.29) is 17.7 Å². The number of benzene rings is 1. The van der Waals surface area contributed by atoms with E-state index >= 15 is 0 Å². The summed E-state index contributed by atoms with van der Waals surface area (Å²) in [6.07, 6.45) is 2.67. The number of carbonyl (C=O) groups excluding carboxylic acids is 2. The maximum atomic E-state index is 12.2. The number of rotatable bonds is 7. The van der Waals surface area contributed by atoms with E-state index in [0.29, 0.717) is 32.5 Å². The van der Waals surface area contributed by atoms with Crippen LogP contribution in [0.15, 0.2) is 24.3 Å². The number of piperidine rings is 1. The highest BCUT2D eigenvalue weighted by Crippen LogP contribution is 2.18. The highest BCUT2D eigenvalue weighted by molar-refractivity contribution is 5.80. The highest BCUT2D eigenvalue weighted by atomic mass is 16.5. The Hall–Kier alpha value is -2.24. The third-order valence-corrected chi connectivity index (χ3v) is 4.04. The van der Waals surface area contributed by atoms with Gasteiger partial charge in [-0.05, 0) is 43.5 Å². The van der Waals surface area contributed by atoms with Crippen LogP contribution in [0, 0.1) is 5.92 Å². The molecular weight excluding hydrogens is 296 g/mol. The summed E-state index contributed by atoms with van der Waals surface area (Å²) in [5.74, 6) is 1.08. The lowest BCUT2D eigenvalue weighted by Crippen LogP contribution is -2.44. The lowest BCUT2D eigenvalue weighted by atomic mass is 9.97. The normalized spacial score (nSPS) is 17.6. The van der Waals surface area contributed by atoms with E-state index in [2.05, 4.69) is 0 Å². The number of nitrogens with zero attached hydrogens (tertiary/aromatic N) is 1. The average Bonchev–Trinajstić information content (AvgIpc) is 2.59. The van der Waals surface area contributed by atoms with Crippen molar-refractivity contribution in [2.24, 2.45) is 11.7 Å². The van der Waals surface area contributed by atoms with Gasteiger partial charge in [-0.1, -0.05) is 0 Å². The Balaban J connectivity index is 1.68. The molecule has 2 amide bonds. The van der Waals surface area contributed by atoms with Crippen LogP contribution in [0.5, 0.6) is 11.5 Å². The van der Waals surface area contributed by atoms with E-state index in [9.17, 15) is 9.59 Å². The predicted molar refractivity (Wildman–Crippen MR) is 86.2 cm³/mol. The topological polar surface area (TPSA) is 81.9 Å². The molecule has 1 aliphatic rings. The fourth-order valence-electron chi connectivity index (χ4n) is 2.68. The minimum Gasteiger partial charge on any atom is -0.497 e. The molecule has 2 rings (SSSR count). The first kappa shape index (κ1) is 17.1. The SMILES string of the molecule is COc1ccc(OCCCC(=O)N2CCC[C@H](C(N)=O)C2)cc1. The number of primary amides is 1. The molecule has 6 nitrogen and oxygen atoms in total. The Morgan fingerprint density at radius 1 is 1.26 bits per heavy atom. The summed E-state index contributed by atoms with van der Waals surface area (Å²) in [7, 11) is 1.62. The van der Waals surface area contributed by atoms with Gasteiger partial charge in [-0.15, -0.1) is 0 Å². The second-order valence-electron chi connectivity index (χ2n) is 5.71. The van der Waals surface area contributed by atoms with Crippen molar-refractivity contribution in [3.8, 4) is 11.5 Å². The largest absolute Gasteiger partial charge is 0.497 e. The molecule has 1 atom stereocenters. The van der Waals surface area contributed by atoms with E-state index in [0.717, 1.165) is 24.3 Å². The van der Waals surface area contributed by atoms with Gasteiger partial charge in [-0.25, -0.2) is 0 Å². The summed E-state index contributed by atoms with van der Waals surface area (Å²) in [5.41, 5.74) is 5.33. The molecule has 1 aromatic carbocycles. The number of carbonyl (C=O) groups is 2. The molecule has 1 heterocycles. The monoisotopic (exact) mass is 320 g/mol. The molecule has 0 unspecified atom stereocenters. The molecule has 0 spiro atoms. The van der Waals surface area contributed by atoms with Crippen molar-refractivity contribution >= 4 is 11.8 Å². The van der Waals surface area contributed by atoms with Gasteiger partial charge in [-0.3, -0.25) is 9.59 Å². The third kappa shape index (κ3) is 5.16. The van der Waals surface area contributed by atoms with Gasteiger partial charge in [0.15, 0.2) is 0 Å². The Morgan fingerprint density at radius 3 is 2.61 bits per heavy atom. The lowest BCUT2D eigenvalue weighted by Gasteiger charge is -2.31. The summed E-state index contributed by atoms with van der Waals surface area (Å²) in [4.78, 5) is 25.1. The van der Waals surface area contributed by atoms with Gasteiger partial charge in [0.05, 0.1) is 19.6 Å². The summed E-state index contributed by atoms with van der Waals surface area (Å²) in [6.45, 7) is 1.64. The van der Waals surface area contributed by atoms with Crippen LogP contribution in [0.4, 0.5) is 0 Å². The zero-order valence-electron chi connectivity index (χ0n) is 13.5. The molecule has 126 valence electrons. The van der Waals surface area contributed by atoms with Crippen LogP contribution >= 0.6 is 0 Å². The molecule has 1 saturated heterocycles. The standard InChI is InChI=1S/C17H24N2O4/c1-22-14-6-8-15(9-7-14)23-11-3-5-16(20)19-10-2-4-13(12-19)17(18)21/h6-9,13H,2-5,10-12H2,1H3,(H2,18,21)/t13-/m0/s1. The van der Waals surface area contributed by atoms with Gasteiger partial charge < -0.3 is 20.1 Å². The smallest absolute Gasteiger partial charge is 0.222 e. The molecule has 0 radical (unpaired) electrons. The summed E-state index contributed by atoms with van der Waals surface area (Å²) in [5, 5.41) is 0. The molecular formula is C17H24N2O4. The van der Waals surface area contributed by atoms with Crippen LogP contribution in [-0.2, 0) is 9.59 Å². The van der Waals surface area contributed by atoms with Gasteiger partial charge in [0.2, 0.25) is 11.8 Å². The molecule has 0 bridgehead atoms. The maximum Gasteiger partial charge on any atom is 0.222 e. The van der Waals surface area contributed by atoms with Gasteiger partial charge in [0, 0.05) is 19.5 Å². The fourth-order valence-corrected chi connectivity index (χ4v) is 2.68. The van der Waals surface area contributed by atoms with Crippen LogP contribution < -0.4 is 15.2 Å². The Bertz CT molecular complexity index is 530. The minimum absolute atomic E-state index is 0.0641. The average molecular weight is 320 g/mol. The predicted octanol–water partition coefficient (Wildman–Crippen LogP) is 1.58. The highest BCUT2D eigenvalue weighted by Gasteiger charge is 2.26. The fraction of sp³-hybridized carbons (Fsp3) is 0.529. The van der Waals surface area contributed by atoms with Crippen molar-refractivity contribution < 1.29 is 19.1 Å². The van der Waals surface area contributed by atoms with E-state index < -0.39 is 0 Å². The Morgan fingerprint density at radius 2 is 1.96 bits per heavy atom. The van der Waals surface area contributed by atoms with Crippen LogP contribution in [0.25, 0.3) is 0 Å². The zero-order chi connectivity index (χ0) is 16.7. The van der Waals surface area contributed by atoms with Crippen molar-refractivity contribution in [3.63, 3.8) is 0 Å². The second-order valence-corrected chi connectivity index (χ2v) is 5.71. The quantitative estimate of drug-likeness (QED) is 0.773. The van der Waals surface area contributed by atoms with E-state index in [4.69, 9.17) is 15.2 Å². The number of hydrogen-bond acceptors (Lipinski definition) is 4. The first-order valence-electron chi connectivity index (χ1n) is 7.94.